The van der Waals surface area contributed by atoms with Crippen LogP contribution >= 0.6 is 11.3 Å². The highest BCUT2D eigenvalue weighted by Crippen LogP contribution is 2.40. The Bertz CT molecular complexity index is 391. The van der Waals surface area contributed by atoms with Gasteiger partial charge >= 0.3 is 0 Å². The molecule has 3 heteroatoms. The van der Waals surface area contributed by atoms with Gasteiger partial charge in [-0.05, 0) is 37.5 Å². The molecule has 17 heavy (non-hydrogen) atoms. The number of nitrogens with zero attached hydrogens (tertiary/aromatic N) is 1. The molecule has 0 aromatic carbocycles. The number of aryl methyl sites for hydroxylation is 2. The molecule has 1 unspecified atom stereocenters. The van der Waals surface area contributed by atoms with Crippen LogP contribution in [0.4, 0.5) is 0 Å². The predicted molar refractivity (Wildman–Crippen MR) is 72.5 cm³/mol. The van der Waals surface area contributed by atoms with E-state index in [0.717, 1.165) is 6.04 Å². The molecule has 2 aliphatic carbocycles. The first-order valence-corrected chi connectivity index (χ1v) is 7.60. The zero-order valence-electron chi connectivity index (χ0n) is 11.0. The van der Waals surface area contributed by atoms with Crippen LogP contribution in [0.1, 0.15) is 61.7 Å². The zero-order valence-corrected chi connectivity index (χ0v) is 11.9. The van der Waals surface area contributed by atoms with E-state index in [2.05, 4.69) is 26.1 Å². The molecular weight excluding hydrogens is 228 g/mol. The molecule has 3 rings (SSSR count). The molecule has 1 fully saturated rings. The fourth-order valence-electron chi connectivity index (χ4n) is 2.51. The van der Waals surface area contributed by atoms with Crippen LogP contribution < -0.4 is 5.32 Å². The fourth-order valence-corrected chi connectivity index (χ4v) is 3.97. The molecule has 2 aliphatic rings. The van der Waals surface area contributed by atoms with Crippen LogP contribution in [0.3, 0.4) is 0 Å². The van der Waals surface area contributed by atoms with Gasteiger partial charge in [-0.3, -0.25) is 0 Å². The Morgan fingerprint density at radius 1 is 1.29 bits per heavy atom. The smallest absolute Gasteiger partial charge is 0.111 e. The molecule has 1 aromatic heterocycles. The van der Waals surface area contributed by atoms with Crippen molar-refractivity contribution in [3.63, 3.8) is 0 Å². The first-order chi connectivity index (χ1) is 8.04. The Kier molecular flexibility index (Phi) is 2.79. The van der Waals surface area contributed by atoms with Crippen molar-refractivity contribution in [2.45, 2.75) is 65.0 Å². The van der Waals surface area contributed by atoms with Gasteiger partial charge in [0.25, 0.3) is 0 Å². The second-order valence-electron chi connectivity index (χ2n) is 6.52. The summed E-state index contributed by atoms with van der Waals surface area (Å²) in [5.74, 6) is 0. The lowest BCUT2D eigenvalue weighted by Crippen LogP contribution is -2.33. The molecule has 0 aliphatic heterocycles. The van der Waals surface area contributed by atoms with Gasteiger partial charge in [0.2, 0.25) is 0 Å². The average molecular weight is 250 g/mol. The molecule has 1 saturated carbocycles. The van der Waals surface area contributed by atoms with Crippen molar-refractivity contribution in [3.8, 4) is 0 Å². The van der Waals surface area contributed by atoms with E-state index < -0.39 is 0 Å². The van der Waals surface area contributed by atoms with Gasteiger partial charge in [-0.1, -0.05) is 20.8 Å². The minimum absolute atomic E-state index is 0.258. The first-order valence-electron chi connectivity index (χ1n) is 6.78. The Hall–Kier alpha value is -0.410. The second-order valence-corrected chi connectivity index (χ2v) is 7.63. The van der Waals surface area contributed by atoms with Crippen molar-refractivity contribution in [3.05, 3.63) is 15.6 Å². The maximum atomic E-state index is 4.89. The topological polar surface area (TPSA) is 24.9 Å². The van der Waals surface area contributed by atoms with E-state index in [1.54, 1.807) is 4.88 Å². The predicted octanol–water partition coefficient (Wildman–Crippen LogP) is 3.47. The summed E-state index contributed by atoms with van der Waals surface area (Å²) in [5.41, 5.74) is 1.64. The highest BCUT2D eigenvalue weighted by atomic mass is 32.1. The normalized spacial score (nSPS) is 21.6. The first kappa shape index (κ1) is 11.7. The molecule has 1 atom stereocenters. The molecule has 0 radical (unpaired) electrons. The molecule has 2 nitrogen and oxygen atoms in total. The number of aromatic nitrogens is 1. The lowest BCUT2D eigenvalue weighted by Gasteiger charge is -2.30. The Morgan fingerprint density at radius 3 is 2.65 bits per heavy atom. The van der Waals surface area contributed by atoms with Crippen molar-refractivity contribution < 1.29 is 0 Å². The molecular formula is C14H22N2S. The number of thiazole rings is 1. The molecule has 1 aromatic rings. The van der Waals surface area contributed by atoms with E-state index in [9.17, 15) is 0 Å². The summed E-state index contributed by atoms with van der Waals surface area (Å²) in [6.45, 7) is 6.96. The monoisotopic (exact) mass is 250 g/mol. The molecule has 1 heterocycles. The van der Waals surface area contributed by atoms with E-state index in [0.29, 0.717) is 6.04 Å². The molecule has 0 saturated heterocycles. The van der Waals surface area contributed by atoms with Gasteiger partial charge in [0, 0.05) is 10.9 Å². The van der Waals surface area contributed by atoms with Gasteiger partial charge in [0.15, 0.2) is 0 Å². The lowest BCUT2D eigenvalue weighted by atomic mass is 9.87. The third kappa shape index (κ3) is 2.41. The van der Waals surface area contributed by atoms with Crippen molar-refractivity contribution in [2.24, 2.45) is 5.41 Å². The lowest BCUT2D eigenvalue weighted by molar-refractivity contribution is 0.269. The highest BCUT2D eigenvalue weighted by molar-refractivity contribution is 7.11. The van der Waals surface area contributed by atoms with Gasteiger partial charge in [0.1, 0.15) is 5.01 Å². The maximum absolute atomic E-state index is 4.89. The van der Waals surface area contributed by atoms with Gasteiger partial charge < -0.3 is 5.32 Å². The van der Waals surface area contributed by atoms with Crippen molar-refractivity contribution in [2.75, 3.05) is 0 Å². The summed E-state index contributed by atoms with van der Waals surface area (Å²) in [6.07, 6.45) is 6.46. The van der Waals surface area contributed by atoms with Crippen LogP contribution in [-0.4, -0.2) is 11.0 Å². The minimum Gasteiger partial charge on any atom is -0.305 e. The SMILES string of the molecule is CC(C)(C)C(NC1CC1)c1nc2c(s1)CCC2. The van der Waals surface area contributed by atoms with Gasteiger partial charge in [0.05, 0.1) is 11.7 Å². The molecule has 0 bridgehead atoms. The fraction of sp³-hybridized carbons (Fsp3) is 0.786. The van der Waals surface area contributed by atoms with Crippen LogP contribution in [-0.2, 0) is 12.8 Å². The summed E-state index contributed by atoms with van der Waals surface area (Å²) in [7, 11) is 0. The molecule has 94 valence electrons. The minimum atomic E-state index is 0.258. The Balaban J connectivity index is 1.85. The van der Waals surface area contributed by atoms with Crippen LogP contribution in [0.25, 0.3) is 0 Å². The van der Waals surface area contributed by atoms with E-state index in [1.165, 1.54) is 42.8 Å². The summed E-state index contributed by atoms with van der Waals surface area (Å²) in [4.78, 5) is 6.44. The van der Waals surface area contributed by atoms with E-state index in [-0.39, 0.29) is 5.41 Å². The number of nitrogens with one attached hydrogen (secondary N) is 1. The van der Waals surface area contributed by atoms with Gasteiger partial charge in [-0.2, -0.15) is 0 Å². The zero-order chi connectivity index (χ0) is 12.0. The maximum Gasteiger partial charge on any atom is 0.111 e. The average Bonchev–Trinajstić information content (AvgIpc) is 2.79. The van der Waals surface area contributed by atoms with E-state index >= 15 is 0 Å². The van der Waals surface area contributed by atoms with E-state index in [1.807, 2.05) is 11.3 Å². The van der Waals surface area contributed by atoms with Crippen LogP contribution in [0, 0.1) is 5.41 Å². The van der Waals surface area contributed by atoms with Crippen molar-refractivity contribution in [1.82, 2.24) is 10.3 Å². The highest BCUT2D eigenvalue weighted by Gasteiger charge is 2.35. The Labute approximate surface area is 108 Å². The van der Waals surface area contributed by atoms with E-state index in [4.69, 9.17) is 4.98 Å². The summed E-state index contributed by atoms with van der Waals surface area (Å²) in [5, 5.41) is 5.11. The van der Waals surface area contributed by atoms with Gasteiger partial charge in [-0.25, -0.2) is 4.98 Å². The standard InChI is InChI=1S/C14H22N2S/c1-14(2,3)12(15-9-7-8-9)13-16-10-5-4-6-11(10)17-13/h9,12,15H,4-8H2,1-3H3. The van der Waals surface area contributed by atoms with Crippen LogP contribution in [0.5, 0.6) is 0 Å². The number of hydrogen-bond acceptors (Lipinski definition) is 3. The second kappa shape index (κ2) is 4.06. The van der Waals surface area contributed by atoms with Crippen LogP contribution in [0.15, 0.2) is 0 Å². The van der Waals surface area contributed by atoms with Crippen molar-refractivity contribution in [1.29, 1.82) is 0 Å². The van der Waals surface area contributed by atoms with Gasteiger partial charge in [-0.15, -0.1) is 11.3 Å². The van der Waals surface area contributed by atoms with Crippen LogP contribution in [0.2, 0.25) is 0 Å². The largest absolute Gasteiger partial charge is 0.305 e. The van der Waals surface area contributed by atoms with Crippen molar-refractivity contribution >= 4 is 11.3 Å². The molecule has 0 amide bonds. The number of fused-ring (bicyclic) bond motifs is 1. The quantitative estimate of drug-likeness (QED) is 0.888. The number of rotatable bonds is 3. The summed E-state index contributed by atoms with van der Waals surface area (Å²) >= 11 is 1.95. The third-order valence-corrected chi connectivity index (χ3v) is 4.93. The third-order valence-electron chi connectivity index (χ3n) is 3.70. The Morgan fingerprint density at radius 2 is 2.06 bits per heavy atom. The summed E-state index contributed by atoms with van der Waals surface area (Å²) in [6, 6.07) is 1.18. The molecule has 1 N–H and O–H groups in total. The summed E-state index contributed by atoms with van der Waals surface area (Å²) < 4.78 is 0. The number of hydrogen-bond donors (Lipinski definition) is 1. The molecule has 0 spiro atoms.